The van der Waals surface area contributed by atoms with Crippen molar-refractivity contribution in [1.29, 1.82) is 0 Å². The zero-order valence-corrected chi connectivity index (χ0v) is 21.2. The number of alkyl halides is 3. The molecule has 0 unspecified atom stereocenters. The molecule has 0 aliphatic heterocycles. The van der Waals surface area contributed by atoms with E-state index in [4.69, 9.17) is 4.42 Å². The summed E-state index contributed by atoms with van der Waals surface area (Å²) < 4.78 is 46.8. The number of alkyl carbamates (subject to hydrolysis) is 1. The summed E-state index contributed by atoms with van der Waals surface area (Å²) in [6, 6.07) is 4.77. The van der Waals surface area contributed by atoms with Crippen molar-refractivity contribution in [1.82, 2.24) is 5.32 Å². The van der Waals surface area contributed by atoms with Gasteiger partial charge in [-0.15, -0.1) is 11.3 Å². The van der Waals surface area contributed by atoms with Gasteiger partial charge in [-0.1, -0.05) is 19.9 Å². The van der Waals surface area contributed by atoms with Gasteiger partial charge < -0.3 is 14.3 Å². The van der Waals surface area contributed by atoms with E-state index >= 15 is 0 Å². The molecule has 11 heteroatoms. The first-order valence-corrected chi connectivity index (χ1v) is 12.2. The van der Waals surface area contributed by atoms with Crippen LogP contribution < -0.4 is 10.9 Å². The van der Waals surface area contributed by atoms with Crippen LogP contribution in [-0.4, -0.2) is 30.3 Å². The highest BCUT2D eigenvalue weighted by Crippen LogP contribution is 2.33. The molecule has 0 bridgehead atoms. The zero-order valence-electron chi connectivity index (χ0n) is 20.4. The smallest absolute Gasteiger partial charge is 0.410 e. The van der Waals surface area contributed by atoms with E-state index in [1.54, 1.807) is 32.1 Å². The number of rotatable bonds is 12. The van der Waals surface area contributed by atoms with E-state index in [1.807, 2.05) is 0 Å². The lowest BCUT2D eigenvalue weighted by molar-refractivity contribution is -0.135. The van der Waals surface area contributed by atoms with Gasteiger partial charge in [0.1, 0.15) is 17.1 Å². The molecule has 0 saturated carbocycles. The summed E-state index contributed by atoms with van der Waals surface area (Å²) in [7, 11) is 1.25. The third-order valence-corrected chi connectivity index (χ3v) is 6.48. The van der Waals surface area contributed by atoms with Gasteiger partial charge in [0, 0.05) is 40.3 Å². The van der Waals surface area contributed by atoms with Gasteiger partial charge in [-0.05, 0) is 44.2 Å². The zero-order chi connectivity index (χ0) is 26.9. The van der Waals surface area contributed by atoms with Crippen LogP contribution in [0.15, 0.2) is 39.7 Å². The largest absolute Gasteiger partial charge is 0.507 e. The van der Waals surface area contributed by atoms with Crippen LogP contribution in [-0.2, 0) is 24.0 Å². The molecule has 0 aromatic carbocycles. The molecule has 1 amide bonds. The highest BCUT2D eigenvalue weighted by Gasteiger charge is 2.34. The molecule has 2 N–H and O–H groups in total. The van der Waals surface area contributed by atoms with Gasteiger partial charge in [0.25, 0.3) is 0 Å². The molecule has 0 atom stereocenters. The molecule has 2 rings (SSSR count). The maximum absolute atomic E-state index is 13.1. The van der Waals surface area contributed by atoms with Crippen molar-refractivity contribution in [3.8, 4) is 5.75 Å². The lowest BCUT2D eigenvalue weighted by Crippen LogP contribution is -2.30. The van der Waals surface area contributed by atoms with E-state index in [0.29, 0.717) is 25.7 Å². The first-order chi connectivity index (χ1) is 16.8. The second kappa shape index (κ2) is 12.8. The van der Waals surface area contributed by atoms with Crippen LogP contribution in [0, 0.1) is 5.41 Å². The molecule has 0 fully saturated rings. The first-order valence-electron chi connectivity index (χ1n) is 11.4. The Kier molecular flexibility index (Phi) is 10.3. The van der Waals surface area contributed by atoms with Crippen molar-refractivity contribution in [2.75, 3.05) is 7.11 Å². The van der Waals surface area contributed by atoms with Crippen LogP contribution in [0.5, 0.6) is 5.75 Å². The number of carbonyl (C=O) groups excluding carboxylic acids is 2. The summed E-state index contributed by atoms with van der Waals surface area (Å²) >= 11 is 1.33. The van der Waals surface area contributed by atoms with Crippen molar-refractivity contribution in [2.24, 2.45) is 5.41 Å². The molecule has 2 heterocycles. The minimum absolute atomic E-state index is 0.00624. The van der Waals surface area contributed by atoms with Crippen molar-refractivity contribution in [3.05, 3.63) is 62.0 Å². The number of ether oxygens (including phenoxy) is 1. The topological polar surface area (TPSA) is 106 Å². The summed E-state index contributed by atoms with van der Waals surface area (Å²) in [5.41, 5.74) is -2.41. The Hall–Kier alpha value is -3.08. The number of carbonyl (C=O) groups is 2. The van der Waals surface area contributed by atoms with Crippen molar-refractivity contribution < 1.29 is 37.0 Å². The Morgan fingerprint density at radius 2 is 1.86 bits per heavy atom. The van der Waals surface area contributed by atoms with E-state index in [9.17, 15) is 32.7 Å². The number of aromatic hydroxyl groups is 1. The average molecular weight is 530 g/mol. The number of methoxy groups -OCH3 is 1. The first kappa shape index (κ1) is 29.2. The highest BCUT2D eigenvalue weighted by molar-refractivity contribution is 7.12. The van der Waals surface area contributed by atoms with Crippen molar-refractivity contribution in [3.63, 3.8) is 0 Å². The fourth-order valence-electron chi connectivity index (χ4n) is 3.49. The second-order valence-electron chi connectivity index (χ2n) is 8.92. The van der Waals surface area contributed by atoms with Crippen LogP contribution in [0.1, 0.15) is 65.4 Å². The summed E-state index contributed by atoms with van der Waals surface area (Å²) in [4.78, 5) is 38.2. The number of thiophene rings is 1. The predicted molar refractivity (Wildman–Crippen MR) is 129 cm³/mol. The number of hydrogen-bond donors (Lipinski definition) is 2. The number of halogens is 3. The van der Waals surface area contributed by atoms with E-state index in [2.05, 4.69) is 10.1 Å². The quantitative estimate of drug-likeness (QED) is 0.261. The number of Topliss-reactive ketones (excluding diaryl/α,β-unsaturated/α-hetero) is 1. The molecule has 0 spiro atoms. The minimum atomic E-state index is -4.19. The average Bonchev–Trinajstić information content (AvgIpc) is 3.20. The Morgan fingerprint density at radius 3 is 2.50 bits per heavy atom. The van der Waals surface area contributed by atoms with Crippen LogP contribution in [0.25, 0.3) is 0 Å². The molecule has 2 aromatic rings. The molecule has 0 aliphatic carbocycles. The van der Waals surface area contributed by atoms with E-state index < -0.39 is 46.8 Å². The number of hydrogen-bond acceptors (Lipinski definition) is 7. The molecule has 36 heavy (non-hydrogen) atoms. The third-order valence-electron chi connectivity index (χ3n) is 5.34. The molecular formula is C25H30F3NO6S. The number of amides is 1. The van der Waals surface area contributed by atoms with Gasteiger partial charge in [0.2, 0.25) is 0 Å². The van der Waals surface area contributed by atoms with Crippen LogP contribution in [0.2, 0.25) is 0 Å². The molecule has 0 saturated heterocycles. The van der Waals surface area contributed by atoms with E-state index in [0.717, 1.165) is 9.75 Å². The monoisotopic (exact) mass is 529 g/mol. The molecule has 0 radical (unpaired) electrons. The van der Waals surface area contributed by atoms with Crippen molar-refractivity contribution in [2.45, 2.75) is 65.0 Å². The molecule has 2 aromatic heterocycles. The van der Waals surface area contributed by atoms with Gasteiger partial charge in [-0.2, -0.15) is 13.2 Å². The number of nitrogens with one attached hydrogen (secondary N) is 1. The molecular weight excluding hydrogens is 499 g/mol. The highest BCUT2D eigenvalue weighted by atomic mass is 32.1. The van der Waals surface area contributed by atoms with Gasteiger partial charge in [0.05, 0.1) is 7.11 Å². The van der Waals surface area contributed by atoms with Gasteiger partial charge in [-0.3, -0.25) is 10.1 Å². The minimum Gasteiger partial charge on any atom is -0.507 e. The summed E-state index contributed by atoms with van der Waals surface area (Å²) in [5, 5.41) is 12.8. The fraction of sp³-hybridized carbons (Fsp3) is 0.480. The Labute approximate surface area is 211 Å². The number of allylic oxidation sites excluding steroid dienone is 1. The molecule has 7 nitrogen and oxygen atoms in total. The maximum atomic E-state index is 13.1. The third kappa shape index (κ3) is 9.18. The number of aryl methyl sites for hydroxylation is 2. The maximum Gasteiger partial charge on any atom is 0.410 e. The lowest BCUT2D eigenvalue weighted by atomic mass is 9.81. The molecule has 198 valence electrons. The SMILES string of the molecule is COC(=O)N/C=C/CCCc1cc(O)c(C(=O)C(C)(C)Cc2ccc(CCCC(F)(F)F)s2)c(=O)o1. The van der Waals surface area contributed by atoms with Gasteiger partial charge in [-0.25, -0.2) is 9.59 Å². The predicted octanol–water partition coefficient (Wildman–Crippen LogP) is 5.94. The van der Waals surface area contributed by atoms with Crippen LogP contribution in [0.4, 0.5) is 18.0 Å². The second-order valence-corrected chi connectivity index (χ2v) is 10.2. The Balaban J connectivity index is 1.99. The normalized spacial score (nSPS) is 12.2. The number of ketones is 1. The lowest BCUT2D eigenvalue weighted by Gasteiger charge is -2.22. The summed E-state index contributed by atoms with van der Waals surface area (Å²) in [6.07, 6.45) is -0.514. The van der Waals surface area contributed by atoms with Crippen molar-refractivity contribution >= 4 is 23.2 Å². The summed E-state index contributed by atoms with van der Waals surface area (Å²) in [5.74, 6) is -0.812. The van der Waals surface area contributed by atoms with Crippen LogP contribution >= 0.6 is 11.3 Å². The van der Waals surface area contributed by atoms with Gasteiger partial charge >= 0.3 is 17.9 Å². The number of unbranched alkanes of at least 4 members (excludes halogenated alkanes) is 1. The Morgan fingerprint density at radius 1 is 1.17 bits per heavy atom. The summed E-state index contributed by atoms with van der Waals surface area (Å²) in [6.45, 7) is 3.28. The Bertz CT molecular complexity index is 1130. The van der Waals surface area contributed by atoms with Gasteiger partial charge in [0.15, 0.2) is 5.78 Å². The standard InChI is InChI=1S/C25H30F3NO6S/c1-24(2,15-18-11-10-17(36-18)9-7-12-25(26,27)28)21(31)20-19(30)14-16(35-22(20)32)8-5-4-6-13-29-23(33)34-3/h6,10-11,13-14,30H,4-5,7-9,12,15H2,1-3H3,(H,29,33)/b13-6+. The van der Waals surface area contributed by atoms with E-state index in [-0.39, 0.29) is 18.6 Å². The molecule has 0 aliphatic rings. The fourth-order valence-corrected chi connectivity index (χ4v) is 4.78. The van der Waals surface area contributed by atoms with Crippen LogP contribution in [0.3, 0.4) is 0 Å². The van der Waals surface area contributed by atoms with E-state index in [1.165, 1.54) is 30.7 Å².